The summed E-state index contributed by atoms with van der Waals surface area (Å²) in [4.78, 5) is 12.1. The summed E-state index contributed by atoms with van der Waals surface area (Å²) in [7, 11) is -2.53. The topological polar surface area (TPSA) is 100 Å². The molecular weight excluding hydrogens is 387 g/mol. The number of sulfonamides is 1. The zero-order valence-corrected chi connectivity index (χ0v) is 15.2. The lowest BCUT2D eigenvalue weighted by Crippen LogP contribution is -2.34. The minimum atomic E-state index is -3.96. The predicted molar refractivity (Wildman–Crippen MR) is 91.6 cm³/mol. The molecule has 0 fully saturated rings. The molecule has 0 aliphatic rings. The number of alkyl halides is 2. The quantitative estimate of drug-likeness (QED) is 0.656. The van der Waals surface area contributed by atoms with Crippen LogP contribution in [0.2, 0.25) is 0 Å². The van der Waals surface area contributed by atoms with Crippen molar-refractivity contribution in [1.82, 2.24) is 9.29 Å². The van der Waals surface area contributed by atoms with Crippen LogP contribution in [-0.2, 0) is 17.1 Å². The van der Waals surface area contributed by atoms with Crippen LogP contribution in [0.5, 0.6) is 0 Å². The van der Waals surface area contributed by atoms with E-state index in [1.54, 1.807) is 0 Å². The number of benzene rings is 1. The van der Waals surface area contributed by atoms with Gasteiger partial charge in [-0.2, -0.15) is 0 Å². The Morgan fingerprint density at radius 2 is 1.96 bits per heavy atom. The van der Waals surface area contributed by atoms with Crippen LogP contribution in [0.15, 0.2) is 35.4 Å². The number of halogens is 3. The number of rotatable bonds is 7. The monoisotopic (exact) mass is 405 g/mol. The van der Waals surface area contributed by atoms with Crippen LogP contribution in [0.25, 0.3) is 0 Å². The summed E-state index contributed by atoms with van der Waals surface area (Å²) in [5, 5.41) is 11.3. The van der Waals surface area contributed by atoms with E-state index in [9.17, 15) is 26.4 Å². The molecule has 7 nitrogen and oxygen atoms in total. The normalized spacial score (nSPS) is 13.0. The molecule has 0 aliphatic carbocycles. The van der Waals surface area contributed by atoms with Gasteiger partial charge in [-0.3, -0.25) is 4.79 Å². The molecule has 27 heavy (non-hydrogen) atoms. The van der Waals surface area contributed by atoms with Crippen molar-refractivity contribution in [3.63, 3.8) is 0 Å². The van der Waals surface area contributed by atoms with Gasteiger partial charge in [0.15, 0.2) is 0 Å². The van der Waals surface area contributed by atoms with Crippen LogP contribution in [0.1, 0.15) is 29.4 Å². The van der Waals surface area contributed by atoms with Crippen LogP contribution < -0.4 is 10.0 Å². The molecule has 1 aromatic heterocycles. The van der Waals surface area contributed by atoms with E-state index < -0.39 is 46.4 Å². The SMILES string of the molecule is CC(CO)NS(=O)(=O)c1cc(C(=O)Nc2ccc(F)c(C(F)F)c2)n(C)c1. The summed E-state index contributed by atoms with van der Waals surface area (Å²) in [5.41, 5.74) is -0.977. The van der Waals surface area contributed by atoms with Gasteiger partial charge in [0.25, 0.3) is 12.3 Å². The molecule has 1 amide bonds. The number of carbonyl (C=O) groups is 1. The van der Waals surface area contributed by atoms with E-state index in [0.717, 1.165) is 24.3 Å². The molecule has 148 valence electrons. The van der Waals surface area contributed by atoms with E-state index in [4.69, 9.17) is 5.11 Å². The van der Waals surface area contributed by atoms with Gasteiger partial charge in [-0.25, -0.2) is 26.3 Å². The number of hydrogen-bond acceptors (Lipinski definition) is 4. The third-order valence-electron chi connectivity index (χ3n) is 3.64. The first-order chi connectivity index (χ1) is 12.5. The zero-order valence-electron chi connectivity index (χ0n) is 14.4. The summed E-state index contributed by atoms with van der Waals surface area (Å²) in [6.45, 7) is 1.06. The largest absolute Gasteiger partial charge is 0.395 e. The van der Waals surface area contributed by atoms with Gasteiger partial charge in [-0.15, -0.1) is 0 Å². The molecule has 1 aromatic carbocycles. The number of aliphatic hydroxyl groups is 1. The number of aliphatic hydroxyl groups excluding tert-OH is 1. The highest BCUT2D eigenvalue weighted by Crippen LogP contribution is 2.25. The predicted octanol–water partition coefficient (Wildman–Crippen LogP) is 2.01. The van der Waals surface area contributed by atoms with Gasteiger partial charge >= 0.3 is 0 Å². The average molecular weight is 405 g/mol. The number of carbonyl (C=O) groups excluding carboxylic acids is 1. The van der Waals surface area contributed by atoms with Gasteiger partial charge in [0.2, 0.25) is 10.0 Å². The Bertz CT molecular complexity index is 944. The lowest BCUT2D eigenvalue weighted by atomic mass is 10.2. The first-order valence-corrected chi connectivity index (χ1v) is 9.22. The number of nitrogens with zero attached hydrogens (tertiary/aromatic N) is 1. The molecule has 1 atom stereocenters. The second kappa shape index (κ2) is 8.11. The molecule has 3 N–H and O–H groups in total. The zero-order chi connectivity index (χ0) is 20.4. The minimum absolute atomic E-state index is 0.0602. The maximum atomic E-state index is 13.3. The summed E-state index contributed by atoms with van der Waals surface area (Å²) in [6.07, 6.45) is -1.86. The fourth-order valence-electron chi connectivity index (χ4n) is 2.26. The van der Waals surface area contributed by atoms with Crippen molar-refractivity contribution in [2.45, 2.75) is 24.3 Å². The van der Waals surface area contributed by atoms with Crippen molar-refractivity contribution in [1.29, 1.82) is 0 Å². The van der Waals surface area contributed by atoms with E-state index >= 15 is 0 Å². The molecule has 0 radical (unpaired) electrons. The molecule has 2 rings (SSSR count). The molecule has 0 spiro atoms. The Balaban J connectivity index is 2.26. The number of amides is 1. The highest BCUT2D eigenvalue weighted by molar-refractivity contribution is 7.89. The Hall–Kier alpha value is -2.37. The second-order valence-corrected chi connectivity index (χ2v) is 7.58. The van der Waals surface area contributed by atoms with Crippen LogP contribution in [0, 0.1) is 5.82 Å². The van der Waals surface area contributed by atoms with Gasteiger partial charge < -0.3 is 15.0 Å². The van der Waals surface area contributed by atoms with E-state index in [1.165, 1.54) is 24.7 Å². The standard InChI is InChI=1S/C16H18F3N3O4S/c1-9(8-23)21-27(25,26)11-6-14(22(2)7-11)16(24)20-10-3-4-13(17)12(5-10)15(18)19/h3-7,9,15,21,23H,8H2,1-2H3,(H,20,24). The summed E-state index contributed by atoms with van der Waals surface area (Å²) in [6, 6.07) is 3.10. The lowest BCUT2D eigenvalue weighted by Gasteiger charge is -2.09. The van der Waals surface area contributed by atoms with Gasteiger partial charge in [0, 0.05) is 25.0 Å². The Morgan fingerprint density at radius 3 is 2.56 bits per heavy atom. The van der Waals surface area contributed by atoms with Gasteiger partial charge in [-0.05, 0) is 31.2 Å². The van der Waals surface area contributed by atoms with Crippen LogP contribution >= 0.6 is 0 Å². The van der Waals surface area contributed by atoms with Crippen molar-refractivity contribution >= 4 is 21.6 Å². The Labute approximate surface area is 153 Å². The van der Waals surface area contributed by atoms with E-state index in [-0.39, 0.29) is 16.3 Å². The lowest BCUT2D eigenvalue weighted by molar-refractivity contribution is 0.101. The van der Waals surface area contributed by atoms with Gasteiger partial charge in [-0.1, -0.05) is 0 Å². The minimum Gasteiger partial charge on any atom is -0.395 e. The first kappa shape index (κ1) is 20.9. The number of hydrogen-bond donors (Lipinski definition) is 3. The summed E-state index contributed by atoms with van der Waals surface area (Å²) >= 11 is 0. The van der Waals surface area contributed by atoms with E-state index in [1.807, 2.05) is 0 Å². The number of aryl methyl sites for hydroxylation is 1. The van der Waals surface area contributed by atoms with Gasteiger partial charge in [0.1, 0.15) is 16.4 Å². The van der Waals surface area contributed by atoms with Crippen molar-refractivity contribution < 1.29 is 31.5 Å². The molecule has 0 saturated heterocycles. The maximum Gasteiger partial charge on any atom is 0.272 e. The molecular formula is C16H18F3N3O4S. The molecule has 1 unspecified atom stereocenters. The molecule has 11 heteroatoms. The van der Waals surface area contributed by atoms with Crippen LogP contribution in [0.4, 0.5) is 18.9 Å². The van der Waals surface area contributed by atoms with Crippen LogP contribution in [0.3, 0.4) is 0 Å². The average Bonchev–Trinajstić information content (AvgIpc) is 2.98. The van der Waals surface area contributed by atoms with Crippen molar-refractivity contribution in [3.8, 4) is 0 Å². The number of aromatic nitrogens is 1. The highest BCUT2D eigenvalue weighted by Gasteiger charge is 2.22. The van der Waals surface area contributed by atoms with Crippen molar-refractivity contribution in [2.24, 2.45) is 7.05 Å². The fourth-order valence-corrected chi connectivity index (χ4v) is 3.56. The number of nitrogens with one attached hydrogen (secondary N) is 2. The molecule has 2 aromatic rings. The molecule has 0 saturated carbocycles. The summed E-state index contributed by atoms with van der Waals surface area (Å²) < 4.78 is 66.7. The summed E-state index contributed by atoms with van der Waals surface area (Å²) in [5.74, 6) is -1.86. The third kappa shape index (κ3) is 4.87. The van der Waals surface area contributed by atoms with E-state index in [0.29, 0.717) is 0 Å². The van der Waals surface area contributed by atoms with E-state index in [2.05, 4.69) is 10.0 Å². The van der Waals surface area contributed by atoms with Crippen molar-refractivity contribution in [3.05, 3.63) is 47.5 Å². The number of anilines is 1. The second-order valence-electron chi connectivity index (χ2n) is 5.87. The molecule has 0 bridgehead atoms. The van der Waals surface area contributed by atoms with Gasteiger partial charge in [0.05, 0.1) is 12.2 Å². The Kier molecular flexibility index (Phi) is 6.29. The Morgan fingerprint density at radius 1 is 1.30 bits per heavy atom. The van der Waals surface area contributed by atoms with Crippen molar-refractivity contribution in [2.75, 3.05) is 11.9 Å². The smallest absolute Gasteiger partial charge is 0.272 e. The molecule has 1 heterocycles. The highest BCUT2D eigenvalue weighted by atomic mass is 32.2. The fraction of sp³-hybridized carbons (Fsp3) is 0.312. The molecule has 0 aliphatic heterocycles. The maximum absolute atomic E-state index is 13.3. The van der Waals surface area contributed by atoms with Crippen LogP contribution in [-0.4, -0.2) is 36.6 Å². The third-order valence-corrected chi connectivity index (χ3v) is 5.20. The first-order valence-electron chi connectivity index (χ1n) is 7.73.